The van der Waals surface area contributed by atoms with Gasteiger partial charge in [-0.15, -0.1) is 0 Å². The van der Waals surface area contributed by atoms with E-state index in [0.29, 0.717) is 0 Å². The minimum atomic E-state index is 0.161. The maximum atomic E-state index is 11.5. The number of hydrogen-bond donors (Lipinski definition) is 2. The number of likely N-dealkylation sites (tertiary alicyclic amines) is 1. The highest BCUT2D eigenvalue weighted by atomic mass is 16.2. The molecule has 2 saturated heterocycles. The van der Waals surface area contributed by atoms with Crippen LogP contribution in [0.25, 0.3) is 0 Å². The summed E-state index contributed by atoms with van der Waals surface area (Å²) in [6, 6.07) is 10.8. The highest BCUT2D eigenvalue weighted by Gasteiger charge is 2.38. The number of benzene rings is 1. The second-order valence-electron chi connectivity index (χ2n) is 4.86. The molecule has 2 atom stereocenters. The van der Waals surface area contributed by atoms with Gasteiger partial charge < -0.3 is 0 Å². The molecule has 2 aliphatic rings. The first-order valence-electron chi connectivity index (χ1n) is 6.14. The van der Waals surface area contributed by atoms with Crippen LogP contribution >= 0.6 is 0 Å². The average Bonchev–Trinajstić information content (AvgIpc) is 2.72. The Morgan fingerprint density at radius 2 is 2.12 bits per heavy atom. The molecule has 0 spiro atoms. The van der Waals surface area contributed by atoms with E-state index in [9.17, 15) is 4.79 Å². The molecule has 3 rings (SSSR count). The number of fused-ring (bicyclic) bond motifs is 1. The molecule has 1 amide bonds. The van der Waals surface area contributed by atoms with Crippen molar-refractivity contribution in [3.05, 3.63) is 35.9 Å². The molecular weight excluding hydrogens is 214 g/mol. The summed E-state index contributed by atoms with van der Waals surface area (Å²) in [5.41, 5.74) is 7.15. The lowest BCUT2D eigenvalue weighted by molar-refractivity contribution is -0.123. The fourth-order valence-electron chi connectivity index (χ4n) is 2.72. The summed E-state index contributed by atoms with van der Waals surface area (Å²) in [6.45, 7) is 2.92. The first-order valence-corrected chi connectivity index (χ1v) is 6.14. The van der Waals surface area contributed by atoms with E-state index in [4.69, 9.17) is 0 Å². The molecule has 2 aliphatic heterocycles. The van der Waals surface area contributed by atoms with E-state index in [1.54, 1.807) is 0 Å². The van der Waals surface area contributed by atoms with Crippen LogP contribution in [0.1, 0.15) is 12.0 Å². The zero-order valence-corrected chi connectivity index (χ0v) is 9.73. The van der Waals surface area contributed by atoms with E-state index in [-0.39, 0.29) is 17.9 Å². The van der Waals surface area contributed by atoms with Crippen molar-refractivity contribution >= 4 is 5.91 Å². The maximum Gasteiger partial charge on any atom is 0.238 e. The summed E-state index contributed by atoms with van der Waals surface area (Å²) >= 11 is 0. The quantitative estimate of drug-likeness (QED) is 0.779. The van der Waals surface area contributed by atoms with Crippen molar-refractivity contribution in [1.82, 2.24) is 15.8 Å². The number of piperidine rings is 1. The van der Waals surface area contributed by atoms with Gasteiger partial charge in [0.05, 0.1) is 12.0 Å². The molecule has 90 valence electrons. The molecule has 2 unspecified atom stereocenters. The van der Waals surface area contributed by atoms with E-state index in [2.05, 4.69) is 40.0 Å². The molecule has 2 fully saturated rings. The average molecular weight is 231 g/mol. The van der Waals surface area contributed by atoms with Gasteiger partial charge in [0.25, 0.3) is 0 Å². The van der Waals surface area contributed by atoms with E-state index < -0.39 is 0 Å². The van der Waals surface area contributed by atoms with Crippen LogP contribution in [0.3, 0.4) is 0 Å². The lowest BCUT2D eigenvalue weighted by Crippen LogP contribution is -2.47. The summed E-state index contributed by atoms with van der Waals surface area (Å²) in [4.78, 5) is 13.9. The van der Waals surface area contributed by atoms with Crippen LogP contribution in [0.5, 0.6) is 0 Å². The van der Waals surface area contributed by atoms with Gasteiger partial charge in [-0.2, -0.15) is 0 Å². The van der Waals surface area contributed by atoms with E-state index in [1.165, 1.54) is 5.56 Å². The van der Waals surface area contributed by atoms with Crippen molar-refractivity contribution in [2.45, 2.75) is 19.0 Å². The minimum Gasteiger partial charge on any atom is -0.297 e. The topological polar surface area (TPSA) is 44.4 Å². The number of carbonyl (C=O) groups excluding carboxylic acids is 1. The number of hydrazine groups is 1. The van der Waals surface area contributed by atoms with Gasteiger partial charge in [0.1, 0.15) is 0 Å². The van der Waals surface area contributed by atoms with Gasteiger partial charge >= 0.3 is 0 Å². The Bertz CT molecular complexity index is 406. The number of amides is 1. The number of hydrogen-bond acceptors (Lipinski definition) is 3. The van der Waals surface area contributed by atoms with Crippen LogP contribution in [0, 0.1) is 5.92 Å². The molecule has 17 heavy (non-hydrogen) atoms. The van der Waals surface area contributed by atoms with Crippen molar-refractivity contribution in [1.29, 1.82) is 0 Å². The van der Waals surface area contributed by atoms with E-state index >= 15 is 0 Å². The Kier molecular flexibility index (Phi) is 2.82. The minimum absolute atomic E-state index is 0.161. The van der Waals surface area contributed by atoms with E-state index in [1.807, 2.05) is 6.07 Å². The van der Waals surface area contributed by atoms with Gasteiger partial charge in [0.15, 0.2) is 0 Å². The Hall–Kier alpha value is -1.39. The summed E-state index contributed by atoms with van der Waals surface area (Å²) < 4.78 is 0. The number of carbonyl (C=O) groups is 1. The van der Waals surface area contributed by atoms with Crippen LogP contribution in [0.4, 0.5) is 0 Å². The summed E-state index contributed by atoms with van der Waals surface area (Å²) in [5.74, 6) is 0.330. The van der Waals surface area contributed by atoms with Crippen molar-refractivity contribution in [3.8, 4) is 0 Å². The molecule has 4 nitrogen and oxygen atoms in total. The lowest BCUT2D eigenvalue weighted by Gasteiger charge is -2.33. The summed E-state index contributed by atoms with van der Waals surface area (Å²) in [7, 11) is 0. The molecule has 0 radical (unpaired) electrons. The number of nitrogens with one attached hydrogen (secondary N) is 2. The molecule has 0 saturated carbocycles. The summed E-state index contributed by atoms with van der Waals surface area (Å²) in [6.07, 6.45) is 0.955. The molecule has 0 aliphatic carbocycles. The Morgan fingerprint density at radius 3 is 2.94 bits per heavy atom. The smallest absolute Gasteiger partial charge is 0.238 e. The zero-order valence-electron chi connectivity index (χ0n) is 9.73. The van der Waals surface area contributed by atoms with Gasteiger partial charge in [-0.25, -0.2) is 5.43 Å². The Labute approximate surface area is 101 Å². The molecule has 0 aromatic heterocycles. The van der Waals surface area contributed by atoms with E-state index in [0.717, 1.165) is 26.1 Å². The predicted molar refractivity (Wildman–Crippen MR) is 64.9 cm³/mol. The molecule has 2 N–H and O–H groups in total. The second-order valence-corrected chi connectivity index (χ2v) is 4.86. The fourth-order valence-corrected chi connectivity index (χ4v) is 2.72. The molecule has 2 heterocycles. The highest BCUT2D eigenvalue weighted by Crippen LogP contribution is 2.22. The van der Waals surface area contributed by atoms with Crippen LogP contribution in [0.15, 0.2) is 30.3 Å². The van der Waals surface area contributed by atoms with Crippen molar-refractivity contribution in [2.24, 2.45) is 5.92 Å². The van der Waals surface area contributed by atoms with Crippen LogP contribution < -0.4 is 10.9 Å². The van der Waals surface area contributed by atoms with Crippen LogP contribution in [0.2, 0.25) is 0 Å². The van der Waals surface area contributed by atoms with Gasteiger partial charge in [-0.3, -0.25) is 15.1 Å². The van der Waals surface area contributed by atoms with Crippen molar-refractivity contribution in [3.63, 3.8) is 0 Å². The Balaban J connectivity index is 1.62. The Morgan fingerprint density at radius 1 is 1.29 bits per heavy atom. The molecular formula is C13H17N3O. The first kappa shape index (κ1) is 10.7. The van der Waals surface area contributed by atoms with Gasteiger partial charge in [0, 0.05) is 13.1 Å². The van der Waals surface area contributed by atoms with Gasteiger partial charge in [0.2, 0.25) is 5.91 Å². The van der Waals surface area contributed by atoms with Crippen LogP contribution in [-0.2, 0) is 11.3 Å². The fraction of sp³-hybridized carbons (Fsp3) is 0.462. The lowest BCUT2D eigenvalue weighted by atomic mass is 9.93. The second kappa shape index (κ2) is 4.47. The molecule has 4 heteroatoms. The predicted octanol–water partition coefficient (Wildman–Crippen LogP) is 0.512. The molecule has 1 aromatic rings. The third-order valence-corrected chi connectivity index (χ3v) is 3.66. The first-order chi connectivity index (χ1) is 8.33. The maximum absolute atomic E-state index is 11.5. The SMILES string of the molecule is O=C1NNC2CN(Cc3ccccc3)CCC12. The number of nitrogens with zero attached hydrogens (tertiary/aromatic N) is 1. The summed E-state index contributed by atoms with van der Waals surface area (Å²) in [5, 5.41) is 0. The van der Waals surface area contributed by atoms with Crippen LogP contribution in [-0.4, -0.2) is 29.9 Å². The van der Waals surface area contributed by atoms with Crippen molar-refractivity contribution < 1.29 is 4.79 Å². The standard InChI is InChI=1S/C13H17N3O/c17-13-11-6-7-16(9-12(11)14-15-13)8-10-4-2-1-3-5-10/h1-5,11-12,14H,6-9H2,(H,15,17). The monoisotopic (exact) mass is 231 g/mol. The largest absolute Gasteiger partial charge is 0.297 e. The molecule has 1 aromatic carbocycles. The molecule has 0 bridgehead atoms. The zero-order chi connectivity index (χ0) is 11.7. The van der Waals surface area contributed by atoms with Gasteiger partial charge in [-0.05, 0) is 18.5 Å². The third kappa shape index (κ3) is 2.18. The third-order valence-electron chi connectivity index (χ3n) is 3.66. The van der Waals surface area contributed by atoms with Gasteiger partial charge in [-0.1, -0.05) is 30.3 Å². The number of rotatable bonds is 2. The van der Waals surface area contributed by atoms with Crippen molar-refractivity contribution in [2.75, 3.05) is 13.1 Å². The highest BCUT2D eigenvalue weighted by molar-refractivity contribution is 5.81. The normalized spacial score (nSPS) is 28.8.